The number of rotatable bonds is 4. The maximum atomic E-state index is 12.7. The number of halogens is 1. The number of nitrogens with zero attached hydrogens (tertiary/aromatic N) is 1. The summed E-state index contributed by atoms with van der Waals surface area (Å²) in [7, 11) is 0. The number of amides is 2. The molecule has 0 aliphatic carbocycles. The number of likely N-dealkylation sites (tertiary alicyclic amines) is 1. The lowest BCUT2D eigenvalue weighted by Crippen LogP contribution is -2.55. The first-order valence-electron chi connectivity index (χ1n) is 8.50. The summed E-state index contributed by atoms with van der Waals surface area (Å²) in [6, 6.07) is 15.1. The fraction of sp³-hybridized carbons (Fsp3) is 0.200. The first-order chi connectivity index (χ1) is 12.6. The lowest BCUT2D eigenvalue weighted by molar-refractivity contribution is -0.129. The number of hydrogen-bond acceptors (Lipinski definition) is 2. The Hall–Kier alpha value is -2.79. The first kappa shape index (κ1) is 16.7. The van der Waals surface area contributed by atoms with Gasteiger partial charge in [-0.1, -0.05) is 48.0 Å². The molecule has 5 nitrogen and oxygen atoms in total. The SMILES string of the molecule is O=C(NCc1ccccc1Cl)C1CN(C(=O)c2c[nH]c3ccccc23)C1. The molecule has 4 rings (SSSR count). The molecule has 1 aliphatic heterocycles. The average Bonchev–Trinajstić information content (AvgIpc) is 3.04. The van der Waals surface area contributed by atoms with Crippen LogP contribution in [0.4, 0.5) is 0 Å². The van der Waals surface area contributed by atoms with Crippen molar-refractivity contribution < 1.29 is 9.59 Å². The van der Waals surface area contributed by atoms with Gasteiger partial charge in [-0.2, -0.15) is 0 Å². The van der Waals surface area contributed by atoms with Crippen molar-refractivity contribution in [1.29, 1.82) is 0 Å². The Labute approximate surface area is 155 Å². The van der Waals surface area contributed by atoms with E-state index in [9.17, 15) is 9.59 Å². The van der Waals surface area contributed by atoms with Crippen molar-refractivity contribution in [3.05, 3.63) is 70.9 Å². The van der Waals surface area contributed by atoms with E-state index in [1.165, 1.54) is 0 Å². The fourth-order valence-corrected chi connectivity index (χ4v) is 3.40. The van der Waals surface area contributed by atoms with Crippen molar-refractivity contribution in [1.82, 2.24) is 15.2 Å². The quantitative estimate of drug-likeness (QED) is 0.743. The molecule has 2 amide bonds. The van der Waals surface area contributed by atoms with Gasteiger partial charge in [-0.25, -0.2) is 0 Å². The highest BCUT2D eigenvalue weighted by atomic mass is 35.5. The van der Waals surface area contributed by atoms with Crippen LogP contribution in [0.1, 0.15) is 15.9 Å². The summed E-state index contributed by atoms with van der Waals surface area (Å²) in [5.74, 6) is -0.267. The van der Waals surface area contributed by atoms with Crippen molar-refractivity contribution in [2.45, 2.75) is 6.54 Å². The van der Waals surface area contributed by atoms with Crippen molar-refractivity contribution in [2.24, 2.45) is 5.92 Å². The predicted octanol–water partition coefficient (Wildman–Crippen LogP) is 3.21. The fourth-order valence-electron chi connectivity index (χ4n) is 3.20. The molecule has 0 radical (unpaired) electrons. The standard InChI is InChI=1S/C20H18ClN3O2/c21-17-7-3-1-5-13(17)9-23-19(25)14-11-24(12-14)20(26)16-10-22-18-8-4-2-6-15(16)18/h1-8,10,14,22H,9,11-12H2,(H,23,25). The monoisotopic (exact) mass is 367 g/mol. The molecule has 1 aliphatic rings. The Morgan fingerprint density at radius 1 is 1.12 bits per heavy atom. The Morgan fingerprint density at radius 2 is 1.85 bits per heavy atom. The number of H-pyrrole nitrogens is 1. The van der Waals surface area contributed by atoms with Crippen LogP contribution in [0.25, 0.3) is 10.9 Å². The summed E-state index contributed by atoms with van der Waals surface area (Å²) >= 11 is 6.10. The third-order valence-electron chi connectivity index (χ3n) is 4.77. The van der Waals surface area contributed by atoms with Crippen LogP contribution in [0.5, 0.6) is 0 Å². The molecule has 0 atom stereocenters. The number of carbonyl (C=O) groups is 2. The summed E-state index contributed by atoms with van der Waals surface area (Å²) in [4.78, 5) is 29.7. The highest BCUT2D eigenvalue weighted by Gasteiger charge is 2.36. The van der Waals surface area contributed by atoms with Crippen molar-refractivity contribution in [3.8, 4) is 0 Å². The van der Waals surface area contributed by atoms with Crippen molar-refractivity contribution >= 4 is 34.3 Å². The molecule has 6 heteroatoms. The third-order valence-corrected chi connectivity index (χ3v) is 5.14. The van der Waals surface area contributed by atoms with Crippen LogP contribution in [-0.2, 0) is 11.3 Å². The zero-order valence-electron chi connectivity index (χ0n) is 14.0. The van der Waals surface area contributed by atoms with Gasteiger partial charge in [-0.05, 0) is 17.7 Å². The topological polar surface area (TPSA) is 65.2 Å². The maximum Gasteiger partial charge on any atom is 0.256 e. The van der Waals surface area contributed by atoms with Crippen LogP contribution >= 0.6 is 11.6 Å². The number of fused-ring (bicyclic) bond motifs is 1. The number of nitrogens with one attached hydrogen (secondary N) is 2. The molecule has 26 heavy (non-hydrogen) atoms. The molecule has 1 fully saturated rings. The van der Waals surface area contributed by atoms with Gasteiger partial charge >= 0.3 is 0 Å². The Kier molecular flexibility index (Phi) is 4.39. The number of benzene rings is 2. The molecule has 0 saturated carbocycles. The van der Waals surface area contributed by atoms with Gasteiger partial charge in [0.05, 0.1) is 11.5 Å². The summed E-state index contributed by atoms with van der Waals surface area (Å²) in [5.41, 5.74) is 2.47. The van der Waals surface area contributed by atoms with Crippen LogP contribution in [0.3, 0.4) is 0 Å². The van der Waals surface area contributed by atoms with E-state index in [1.54, 1.807) is 17.2 Å². The van der Waals surface area contributed by atoms with Crippen LogP contribution in [-0.4, -0.2) is 34.8 Å². The average molecular weight is 368 g/mol. The molecule has 0 unspecified atom stereocenters. The zero-order chi connectivity index (χ0) is 18.1. The van der Waals surface area contributed by atoms with E-state index in [0.29, 0.717) is 30.2 Å². The summed E-state index contributed by atoms with van der Waals surface area (Å²) in [6.45, 7) is 1.27. The molecule has 2 N–H and O–H groups in total. The molecular formula is C20H18ClN3O2. The minimum atomic E-state index is -0.174. The number of hydrogen-bond donors (Lipinski definition) is 2. The normalized spacial score (nSPS) is 14.3. The van der Waals surface area contributed by atoms with Crippen LogP contribution < -0.4 is 5.32 Å². The molecule has 0 bridgehead atoms. The van der Waals surface area contributed by atoms with Gasteiger partial charge in [0.15, 0.2) is 0 Å². The molecule has 0 spiro atoms. The van der Waals surface area contributed by atoms with Crippen LogP contribution in [0, 0.1) is 5.92 Å². The second kappa shape index (κ2) is 6.84. The van der Waals surface area contributed by atoms with E-state index in [2.05, 4.69) is 10.3 Å². The molecule has 2 heterocycles. The number of aromatic nitrogens is 1. The summed E-state index contributed by atoms with van der Waals surface area (Å²) < 4.78 is 0. The summed E-state index contributed by atoms with van der Waals surface area (Å²) in [5, 5.41) is 4.44. The number of aromatic amines is 1. The van der Waals surface area contributed by atoms with E-state index < -0.39 is 0 Å². The van der Waals surface area contributed by atoms with Gasteiger partial charge in [-0.15, -0.1) is 0 Å². The molecule has 132 valence electrons. The predicted molar refractivity (Wildman–Crippen MR) is 101 cm³/mol. The maximum absolute atomic E-state index is 12.7. The van der Waals surface area contributed by atoms with E-state index in [0.717, 1.165) is 16.5 Å². The Balaban J connectivity index is 1.34. The Morgan fingerprint density at radius 3 is 2.65 bits per heavy atom. The molecule has 3 aromatic rings. The van der Waals surface area contributed by atoms with E-state index >= 15 is 0 Å². The van der Waals surface area contributed by atoms with Crippen LogP contribution in [0.15, 0.2) is 54.7 Å². The smallest absolute Gasteiger partial charge is 0.256 e. The largest absolute Gasteiger partial charge is 0.360 e. The minimum absolute atomic E-state index is 0.0439. The van der Waals surface area contributed by atoms with Gasteiger partial charge in [-0.3, -0.25) is 9.59 Å². The Bertz CT molecular complexity index is 976. The van der Waals surface area contributed by atoms with E-state index in [-0.39, 0.29) is 17.7 Å². The van der Waals surface area contributed by atoms with Crippen LogP contribution in [0.2, 0.25) is 5.02 Å². The number of para-hydroxylation sites is 1. The molecule has 1 aromatic heterocycles. The van der Waals surface area contributed by atoms with Gasteiger partial charge in [0.25, 0.3) is 5.91 Å². The highest BCUT2D eigenvalue weighted by molar-refractivity contribution is 6.31. The lowest BCUT2D eigenvalue weighted by atomic mass is 9.97. The summed E-state index contributed by atoms with van der Waals surface area (Å²) in [6.07, 6.45) is 1.73. The molecule has 2 aromatic carbocycles. The van der Waals surface area contributed by atoms with Gasteiger partial charge in [0.1, 0.15) is 0 Å². The lowest BCUT2D eigenvalue weighted by Gasteiger charge is -2.38. The van der Waals surface area contributed by atoms with Gasteiger partial charge in [0, 0.05) is 41.8 Å². The molecule has 1 saturated heterocycles. The first-order valence-corrected chi connectivity index (χ1v) is 8.88. The van der Waals surface area contributed by atoms with Crippen molar-refractivity contribution in [3.63, 3.8) is 0 Å². The van der Waals surface area contributed by atoms with Crippen molar-refractivity contribution in [2.75, 3.05) is 13.1 Å². The second-order valence-corrected chi connectivity index (χ2v) is 6.87. The second-order valence-electron chi connectivity index (χ2n) is 6.46. The van der Waals surface area contributed by atoms with E-state index in [4.69, 9.17) is 11.6 Å². The van der Waals surface area contributed by atoms with Gasteiger partial charge in [0.2, 0.25) is 5.91 Å². The van der Waals surface area contributed by atoms with E-state index in [1.807, 2.05) is 42.5 Å². The minimum Gasteiger partial charge on any atom is -0.360 e. The molecular weight excluding hydrogens is 350 g/mol. The van der Waals surface area contributed by atoms with Gasteiger partial charge < -0.3 is 15.2 Å². The number of carbonyl (C=O) groups excluding carboxylic acids is 2. The zero-order valence-corrected chi connectivity index (χ0v) is 14.8. The highest BCUT2D eigenvalue weighted by Crippen LogP contribution is 2.24. The third kappa shape index (κ3) is 3.06.